The molecule has 1 atom stereocenters. The normalized spacial score (nSPS) is 14.5. The van der Waals surface area contributed by atoms with Gasteiger partial charge in [-0.3, -0.25) is 9.59 Å². The number of amides is 1. The highest BCUT2D eigenvalue weighted by atomic mass is 16.5. The SMILES string of the molecule is CCCNc1ccc2c(cc1=O)[C@H](NC(C)=O)CCc1cc(OC)c(OC)c(OC)c1-2. The van der Waals surface area contributed by atoms with E-state index in [1.807, 2.05) is 19.1 Å². The third-order valence-corrected chi connectivity index (χ3v) is 5.48. The second-order valence-corrected chi connectivity index (χ2v) is 7.52. The molecule has 0 fully saturated rings. The Labute approximate surface area is 182 Å². The van der Waals surface area contributed by atoms with Crippen LogP contribution in [0, 0.1) is 0 Å². The van der Waals surface area contributed by atoms with Crippen molar-refractivity contribution in [3.8, 4) is 28.4 Å². The molecule has 0 aromatic heterocycles. The lowest BCUT2D eigenvalue weighted by Crippen LogP contribution is -2.26. The molecule has 0 aliphatic heterocycles. The molecule has 1 aliphatic rings. The van der Waals surface area contributed by atoms with Crippen LogP contribution in [0.3, 0.4) is 0 Å². The number of nitrogens with one attached hydrogen (secondary N) is 2. The van der Waals surface area contributed by atoms with Crippen molar-refractivity contribution >= 4 is 11.6 Å². The molecular weight excluding hydrogens is 396 g/mol. The van der Waals surface area contributed by atoms with Crippen LogP contribution >= 0.6 is 0 Å². The van der Waals surface area contributed by atoms with Crippen molar-refractivity contribution in [3.63, 3.8) is 0 Å². The zero-order chi connectivity index (χ0) is 22.5. The number of methoxy groups -OCH3 is 3. The fraction of sp³-hybridized carbons (Fsp3) is 0.417. The average molecular weight is 427 g/mol. The second-order valence-electron chi connectivity index (χ2n) is 7.52. The third kappa shape index (κ3) is 4.45. The Balaban J connectivity index is 2.36. The zero-order valence-corrected chi connectivity index (χ0v) is 18.8. The highest BCUT2D eigenvalue weighted by Crippen LogP contribution is 2.50. The molecular formula is C24H30N2O5. The summed E-state index contributed by atoms with van der Waals surface area (Å²) in [5.41, 5.74) is 3.84. The van der Waals surface area contributed by atoms with Crippen molar-refractivity contribution in [2.24, 2.45) is 0 Å². The maximum absolute atomic E-state index is 13.0. The Morgan fingerprint density at radius 1 is 1.10 bits per heavy atom. The molecule has 2 aromatic rings. The van der Waals surface area contributed by atoms with Crippen LogP contribution in [0.5, 0.6) is 17.2 Å². The Kier molecular flexibility index (Phi) is 7.05. The molecule has 166 valence electrons. The van der Waals surface area contributed by atoms with Gasteiger partial charge in [0.25, 0.3) is 0 Å². The van der Waals surface area contributed by atoms with Crippen LogP contribution in [0.2, 0.25) is 0 Å². The molecule has 0 saturated heterocycles. The molecule has 7 heteroatoms. The monoisotopic (exact) mass is 426 g/mol. The first-order chi connectivity index (χ1) is 14.9. The number of hydrogen-bond acceptors (Lipinski definition) is 6. The van der Waals surface area contributed by atoms with E-state index in [9.17, 15) is 9.59 Å². The highest BCUT2D eigenvalue weighted by molar-refractivity contribution is 5.83. The van der Waals surface area contributed by atoms with E-state index in [0.717, 1.165) is 28.7 Å². The number of rotatable bonds is 7. The molecule has 0 spiro atoms. The average Bonchev–Trinajstić information content (AvgIpc) is 2.99. The van der Waals surface area contributed by atoms with E-state index in [1.165, 1.54) is 6.92 Å². The Morgan fingerprint density at radius 2 is 1.84 bits per heavy atom. The van der Waals surface area contributed by atoms with Crippen LogP contribution in [0.4, 0.5) is 5.69 Å². The van der Waals surface area contributed by atoms with Crippen molar-refractivity contribution in [1.29, 1.82) is 0 Å². The van der Waals surface area contributed by atoms with Gasteiger partial charge in [0.1, 0.15) is 0 Å². The molecule has 1 amide bonds. The van der Waals surface area contributed by atoms with E-state index in [-0.39, 0.29) is 17.4 Å². The van der Waals surface area contributed by atoms with Crippen LogP contribution in [-0.4, -0.2) is 33.8 Å². The van der Waals surface area contributed by atoms with E-state index in [0.29, 0.717) is 42.3 Å². The number of carbonyl (C=O) groups excluding carboxylic acids is 1. The minimum absolute atomic E-state index is 0.118. The summed E-state index contributed by atoms with van der Waals surface area (Å²) >= 11 is 0. The molecule has 0 radical (unpaired) electrons. The molecule has 31 heavy (non-hydrogen) atoms. The smallest absolute Gasteiger partial charge is 0.217 e. The van der Waals surface area contributed by atoms with Gasteiger partial charge in [-0.2, -0.15) is 0 Å². The number of benzene rings is 1. The fourth-order valence-corrected chi connectivity index (χ4v) is 4.11. The Morgan fingerprint density at radius 3 is 2.45 bits per heavy atom. The lowest BCUT2D eigenvalue weighted by molar-refractivity contribution is -0.119. The minimum atomic E-state index is -0.305. The van der Waals surface area contributed by atoms with Gasteiger partial charge in [-0.1, -0.05) is 13.0 Å². The first kappa shape index (κ1) is 22.5. The summed E-state index contributed by atoms with van der Waals surface area (Å²) in [6.45, 7) is 4.23. The molecule has 0 unspecified atom stereocenters. The standard InChI is InChI=1S/C24H30N2O5/c1-6-11-25-19-10-8-16-17(13-20(19)28)18(26-14(2)27)9-7-15-12-21(29-3)23(30-4)24(31-5)22(15)16/h8,10,12-13,18H,6-7,9,11H2,1-5H3,(H,25,28)(H,26,27)/t18-/m1/s1. The number of hydrogen-bond donors (Lipinski definition) is 2. The second kappa shape index (κ2) is 9.73. The summed E-state index contributed by atoms with van der Waals surface area (Å²) in [7, 11) is 4.74. The van der Waals surface area contributed by atoms with Crippen LogP contribution in [0.15, 0.2) is 29.1 Å². The number of anilines is 1. The quantitative estimate of drug-likeness (QED) is 0.702. The largest absolute Gasteiger partial charge is 0.493 e. The first-order valence-corrected chi connectivity index (χ1v) is 10.5. The topological polar surface area (TPSA) is 85.9 Å². The number of ether oxygens (including phenoxy) is 3. The predicted octanol–water partition coefficient (Wildman–Crippen LogP) is 3.68. The molecule has 2 N–H and O–H groups in total. The van der Waals surface area contributed by atoms with E-state index in [4.69, 9.17) is 14.2 Å². The summed E-state index contributed by atoms with van der Waals surface area (Å²) in [6.07, 6.45) is 2.21. The van der Waals surface area contributed by atoms with Crippen molar-refractivity contribution in [2.45, 2.75) is 39.2 Å². The maximum atomic E-state index is 13.0. The lowest BCUT2D eigenvalue weighted by Gasteiger charge is -2.19. The summed E-state index contributed by atoms with van der Waals surface area (Å²) in [5, 5.41) is 6.20. The van der Waals surface area contributed by atoms with Crippen LogP contribution < -0.4 is 30.3 Å². The molecule has 3 rings (SSSR count). The van der Waals surface area contributed by atoms with Gasteiger partial charge in [0, 0.05) is 19.0 Å². The third-order valence-electron chi connectivity index (χ3n) is 5.48. The summed E-state index contributed by atoms with van der Waals surface area (Å²) in [4.78, 5) is 24.9. The van der Waals surface area contributed by atoms with Crippen molar-refractivity contribution < 1.29 is 19.0 Å². The van der Waals surface area contributed by atoms with E-state index >= 15 is 0 Å². The Hall–Kier alpha value is -3.22. The van der Waals surface area contributed by atoms with Crippen molar-refractivity contribution in [3.05, 3.63) is 45.6 Å². The molecule has 1 aliphatic carbocycles. The van der Waals surface area contributed by atoms with Crippen LogP contribution in [0.25, 0.3) is 11.1 Å². The predicted molar refractivity (Wildman–Crippen MR) is 121 cm³/mol. The maximum Gasteiger partial charge on any atom is 0.217 e. The molecule has 0 bridgehead atoms. The van der Waals surface area contributed by atoms with Crippen LogP contribution in [-0.2, 0) is 11.2 Å². The highest BCUT2D eigenvalue weighted by Gasteiger charge is 2.29. The van der Waals surface area contributed by atoms with Gasteiger partial charge in [-0.05, 0) is 54.2 Å². The van der Waals surface area contributed by atoms with Gasteiger partial charge in [-0.25, -0.2) is 0 Å². The lowest BCUT2D eigenvalue weighted by atomic mass is 9.95. The molecule has 2 aromatic carbocycles. The molecule has 0 heterocycles. The summed E-state index contributed by atoms with van der Waals surface area (Å²) < 4.78 is 16.9. The van der Waals surface area contributed by atoms with Crippen molar-refractivity contribution in [1.82, 2.24) is 5.32 Å². The zero-order valence-electron chi connectivity index (χ0n) is 18.8. The fourth-order valence-electron chi connectivity index (χ4n) is 4.11. The van der Waals surface area contributed by atoms with E-state index in [2.05, 4.69) is 10.6 Å². The summed E-state index contributed by atoms with van der Waals surface area (Å²) in [5.74, 6) is 1.47. The molecule has 0 saturated carbocycles. The van der Waals surface area contributed by atoms with Gasteiger partial charge < -0.3 is 24.8 Å². The van der Waals surface area contributed by atoms with Gasteiger partial charge >= 0.3 is 0 Å². The van der Waals surface area contributed by atoms with Gasteiger partial charge in [0.05, 0.1) is 33.1 Å². The van der Waals surface area contributed by atoms with Gasteiger partial charge in [-0.15, -0.1) is 0 Å². The number of aryl methyl sites for hydroxylation is 1. The van der Waals surface area contributed by atoms with Gasteiger partial charge in [0.15, 0.2) is 11.5 Å². The Bertz CT molecular complexity index is 1040. The minimum Gasteiger partial charge on any atom is -0.493 e. The van der Waals surface area contributed by atoms with Gasteiger partial charge in [0.2, 0.25) is 17.1 Å². The van der Waals surface area contributed by atoms with Crippen molar-refractivity contribution in [2.75, 3.05) is 33.2 Å². The van der Waals surface area contributed by atoms with Crippen LogP contribution in [0.1, 0.15) is 43.9 Å². The van der Waals surface area contributed by atoms with E-state index < -0.39 is 0 Å². The van der Waals surface area contributed by atoms with E-state index in [1.54, 1.807) is 33.5 Å². The number of carbonyl (C=O) groups is 1. The first-order valence-electron chi connectivity index (χ1n) is 10.5. The molecule has 7 nitrogen and oxygen atoms in total. The number of fused-ring (bicyclic) bond motifs is 3. The summed E-state index contributed by atoms with van der Waals surface area (Å²) in [6, 6.07) is 6.98.